The zero-order valence-corrected chi connectivity index (χ0v) is 16.7. The topological polar surface area (TPSA) is 106 Å². The number of fused-ring (bicyclic) bond motifs is 2. The summed E-state index contributed by atoms with van der Waals surface area (Å²) in [5.74, 6) is -1.38. The Kier molecular flexibility index (Phi) is 4.79. The van der Waals surface area contributed by atoms with Crippen LogP contribution >= 0.6 is 0 Å². The highest BCUT2D eigenvalue weighted by Crippen LogP contribution is 2.53. The number of nitrogens with zero attached hydrogens (tertiary/aromatic N) is 5. The summed E-state index contributed by atoms with van der Waals surface area (Å²) in [6.45, 7) is 0.473. The molecule has 0 spiro atoms. The number of benzene rings is 1. The first-order chi connectivity index (χ1) is 14.9. The number of primary amides is 1. The molecule has 3 aliphatic carbocycles. The molecule has 1 aromatic carbocycles. The number of halogens is 2. The van der Waals surface area contributed by atoms with Crippen molar-refractivity contribution in [2.24, 2.45) is 34.5 Å². The van der Waals surface area contributed by atoms with Gasteiger partial charge in [-0.2, -0.15) is 5.10 Å². The van der Waals surface area contributed by atoms with Crippen molar-refractivity contribution in [3.05, 3.63) is 47.3 Å². The summed E-state index contributed by atoms with van der Waals surface area (Å²) < 4.78 is 29.0. The van der Waals surface area contributed by atoms with Crippen LogP contribution in [0.2, 0.25) is 0 Å². The lowest BCUT2D eigenvalue weighted by Gasteiger charge is -2.51. The Balaban J connectivity index is 1.33. The summed E-state index contributed by atoms with van der Waals surface area (Å²) in [5.41, 5.74) is 6.04. The van der Waals surface area contributed by atoms with Gasteiger partial charge in [-0.05, 0) is 54.7 Å². The summed E-state index contributed by atoms with van der Waals surface area (Å²) in [6.07, 6.45) is 5.88. The first kappa shape index (κ1) is 19.8. The van der Waals surface area contributed by atoms with E-state index in [4.69, 9.17) is 5.73 Å². The number of carbonyl (C=O) groups is 2. The standard InChI is InChI=1S/C21H22F2N6O2/c22-15-5-13(6-16(23)8-15)18-1-2-26-29(18)21(31)17-7-14(11-3-12(17)4-11)10-28-19(20(24)30)9-25-27-28/h2,5-6,8-9,11-12,14,17-18H,1,3-4,7,10H2,(H2,24,30)/t11?,12?,14?,17-,18?/m0/s1. The molecule has 0 saturated heterocycles. The van der Waals surface area contributed by atoms with E-state index < -0.39 is 23.6 Å². The number of aromatic nitrogens is 3. The Morgan fingerprint density at radius 1 is 1.10 bits per heavy atom. The van der Waals surface area contributed by atoms with Gasteiger partial charge in [-0.25, -0.2) is 18.5 Å². The fourth-order valence-electron chi connectivity index (χ4n) is 5.31. The molecule has 31 heavy (non-hydrogen) atoms. The summed E-state index contributed by atoms with van der Waals surface area (Å²) in [6, 6.07) is 2.81. The van der Waals surface area contributed by atoms with Gasteiger partial charge in [0.05, 0.1) is 12.2 Å². The summed E-state index contributed by atoms with van der Waals surface area (Å²) in [4.78, 5) is 25.0. The number of hydrogen-bond acceptors (Lipinski definition) is 5. The second kappa shape index (κ2) is 7.51. The van der Waals surface area contributed by atoms with Gasteiger partial charge in [0.2, 0.25) is 5.91 Å². The molecule has 3 saturated carbocycles. The molecule has 2 N–H and O–H groups in total. The third-order valence-corrected chi connectivity index (χ3v) is 6.92. The second-order valence-corrected chi connectivity index (χ2v) is 8.69. The Labute approximate surface area is 177 Å². The van der Waals surface area contributed by atoms with Crippen LogP contribution in [-0.4, -0.2) is 38.0 Å². The van der Waals surface area contributed by atoms with Crippen molar-refractivity contribution in [2.75, 3.05) is 0 Å². The molecular formula is C21H22F2N6O2. The fourth-order valence-corrected chi connectivity index (χ4v) is 5.31. The van der Waals surface area contributed by atoms with E-state index in [9.17, 15) is 18.4 Å². The smallest absolute Gasteiger partial charge is 0.268 e. The van der Waals surface area contributed by atoms with Gasteiger partial charge < -0.3 is 5.73 Å². The minimum absolute atomic E-state index is 0.120. The summed E-state index contributed by atoms with van der Waals surface area (Å²) >= 11 is 0. The van der Waals surface area contributed by atoms with Crippen LogP contribution in [0.3, 0.4) is 0 Å². The van der Waals surface area contributed by atoms with Crippen molar-refractivity contribution in [1.82, 2.24) is 20.0 Å². The van der Waals surface area contributed by atoms with E-state index >= 15 is 0 Å². The molecule has 3 fully saturated rings. The van der Waals surface area contributed by atoms with Gasteiger partial charge in [0.15, 0.2) is 0 Å². The first-order valence-electron chi connectivity index (χ1n) is 10.4. The third kappa shape index (κ3) is 3.49. The molecule has 4 aliphatic rings. The van der Waals surface area contributed by atoms with Crippen LogP contribution in [-0.2, 0) is 11.3 Å². The lowest BCUT2D eigenvalue weighted by Crippen LogP contribution is -2.49. The number of rotatable bonds is 5. The summed E-state index contributed by atoms with van der Waals surface area (Å²) in [5, 5.41) is 13.4. The van der Waals surface area contributed by atoms with Crippen molar-refractivity contribution < 1.29 is 18.4 Å². The summed E-state index contributed by atoms with van der Waals surface area (Å²) in [7, 11) is 0. The normalized spacial score (nSPS) is 29.1. The monoisotopic (exact) mass is 428 g/mol. The van der Waals surface area contributed by atoms with Crippen LogP contribution in [0.1, 0.15) is 47.8 Å². The highest BCUT2D eigenvalue weighted by molar-refractivity contribution is 5.90. The Bertz CT molecular complexity index is 1040. The molecule has 0 radical (unpaired) electrons. The van der Waals surface area contributed by atoms with Crippen LogP contribution < -0.4 is 5.73 Å². The molecule has 10 heteroatoms. The van der Waals surface area contributed by atoms with Crippen LogP contribution in [0, 0.1) is 35.3 Å². The predicted octanol–water partition coefficient (Wildman–Crippen LogP) is 2.28. The van der Waals surface area contributed by atoms with Crippen molar-refractivity contribution in [3.8, 4) is 0 Å². The van der Waals surface area contributed by atoms with Crippen molar-refractivity contribution in [2.45, 2.75) is 38.3 Å². The van der Waals surface area contributed by atoms with E-state index in [1.54, 1.807) is 6.21 Å². The minimum Gasteiger partial charge on any atom is -0.364 e. The van der Waals surface area contributed by atoms with Gasteiger partial charge in [0.25, 0.3) is 5.91 Å². The van der Waals surface area contributed by atoms with Gasteiger partial charge in [0, 0.05) is 31.2 Å². The van der Waals surface area contributed by atoms with Gasteiger partial charge in [0.1, 0.15) is 17.3 Å². The van der Waals surface area contributed by atoms with Crippen LogP contribution in [0.25, 0.3) is 0 Å². The first-order valence-corrected chi connectivity index (χ1v) is 10.4. The number of nitrogens with two attached hydrogens (primary N) is 1. The average Bonchev–Trinajstić information content (AvgIpc) is 3.35. The highest BCUT2D eigenvalue weighted by Gasteiger charge is 2.50. The van der Waals surface area contributed by atoms with E-state index in [0.29, 0.717) is 30.9 Å². The maximum Gasteiger partial charge on any atom is 0.268 e. The van der Waals surface area contributed by atoms with E-state index in [0.717, 1.165) is 18.9 Å². The average molecular weight is 428 g/mol. The van der Waals surface area contributed by atoms with Gasteiger partial charge in [-0.1, -0.05) is 5.21 Å². The molecule has 8 nitrogen and oxygen atoms in total. The van der Waals surface area contributed by atoms with Gasteiger partial charge in [-0.3, -0.25) is 9.59 Å². The minimum atomic E-state index is -0.674. The molecule has 6 rings (SSSR count). The number of hydrogen-bond donors (Lipinski definition) is 1. The largest absolute Gasteiger partial charge is 0.364 e. The van der Waals surface area contributed by atoms with Crippen molar-refractivity contribution in [1.29, 1.82) is 0 Å². The Hall–Kier alpha value is -3.17. The maximum absolute atomic E-state index is 13.7. The lowest BCUT2D eigenvalue weighted by atomic mass is 9.55. The SMILES string of the molecule is NC(=O)c1cnnn1CC1C[C@H](C(=O)N2N=CCC2c2cc(F)cc(F)c2)C2CC1C2. The molecule has 1 aliphatic heterocycles. The van der Waals surface area contributed by atoms with Gasteiger partial charge in [-0.15, -0.1) is 5.10 Å². The number of hydrazone groups is 1. The van der Waals surface area contributed by atoms with Gasteiger partial charge >= 0.3 is 0 Å². The third-order valence-electron chi connectivity index (χ3n) is 6.92. The van der Waals surface area contributed by atoms with E-state index in [1.165, 1.54) is 28.0 Å². The van der Waals surface area contributed by atoms with E-state index in [1.807, 2.05) is 0 Å². The van der Waals surface area contributed by atoms with Crippen molar-refractivity contribution in [3.63, 3.8) is 0 Å². The molecule has 1 aromatic heterocycles. The molecule has 162 valence electrons. The maximum atomic E-state index is 13.7. The molecule has 3 atom stereocenters. The predicted molar refractivity (Wildman–Crippen MR) is 105 cm³/mol. The Morgan fingerprint density at radius 2 is 1.84 bits per heavy atom. The van der Waals surface area contributed by atoms with Crippen LogP contribution in [0.5, 0.6) is 0 Å². The van der Waals surface area contributed by atoms with Crippen molar-refractivity contribution >= 4 is 18.0 Å². The molecule has 2 amide bonds. The molecule has 2 unspecified atom stereocenters. The fraction of sp³-hybridized carbons (Fsp3) is 0.476. The zero-order valence-electron chi connectivity index (χ0n) is 16.7. The van der Waals surface area contributed by atoms with E-state index in [-0.39, 0.29) is 29.4 Å². The second-order valence-electron chi connectivity index (χ2n) is 8.69. The van der Waals surface area contributed by atoms with Crippen LogP contribution in [0.4, 0.5) is 8.78 Å². The quantitative estimate of drug-likeness (QED) is 0.788. The van der Waals surface area contributed by atoms with E-state index in [2.05, 4.69) is 15.4 Å². The Morgan fingerprint density at radius 3 is 2.55 bits per heavy atom. The molecule has 2 heterocycles. The highest BCUT2D eigenvalue weighted by atomic mass is 19.1. The molecule has 2 bridgehead atoms. The zero-order chi connectivity index (χ0) is 21.7. The number of amides is 2. The lowest BCUT2D eigenvalue weighted by molar-refractivity contribution is -0.147. The van der Waals surface area contributed by atoms with Crippen LogP contribution in [0.15, 0.2) is 29.5 Å². The molecule has 2 aromatic rings. The molecular weight excluding hydrogens is 406 g/mol. The number of carbonyl (C=O) groups excluding carboxylic acids is 2.